The maximum atomic E-state index is 13.4. The van der Waals surface area contributed by atoms with Crippen LogP contribution in [0.2, 0.25) is 5.02 Å². The molecule has 2 N–H and O–H groups in total. The fourth-order valence-electron chi connectivity index (χ4n) is 7.12. The minimum Gasteiger partial charge on any atom is -0.378 e. The zero-order chi connectivity index (χ0) is 41.3. The number of nitrogens with one attached hydrogen (secondary N) is 2. The van der Waals surface area contributed by atoms with E-state index in [4.69, 9.17) is 16.3 Å². The molecule has 5 aromatic carbocycles. The molecule has 0 aromatic heterocycles. The van der Waals surface area contributed by atoms with Gasteiger partial charge >= 0.3 is 0 Å². The van der Waals surface area contributed by atoms with Crippen LogP contribution in [0.3, 0.4) is 0 Å². The second-order valence-electron chi connectivity index (χ2n) is 14.7. The van der Waals surface area contributed by atoms with Gasteiger partial charge in [-0.2, -0.15) is 0 Å². The van der Waals surface area contributed by atoms with E-state index < -0.39 is 26.5 Å². The van der Waals surface area contributed by atoms with Gasteiger partial charge in [0.25, 0.3) is 21.6 Å². The van der Waals surface area contributed by atoms with Gasteiger partial charge in [-0.25, -0.2) is 13.1 Å². The maximum absolute atomic E-state index is 13.4. The summed E-state index contributed by atoms with van der Waals surface area (Å²) in [7, 11) is 1.24. The number of ether oxygens (including phenoxy) is 1. The Hall–Kier alpha value is -4.92. The summed E-state index contributed by atoms with van der Waals surface area (Å²) in [6.45, 7) is 2.19. The van der Waals surface area contributed by atoms with Crippen molar-refractivity contribution in [2.24, 2.45) is 0 Å². The van der Waals surface area contributed by atoms with E-state index >= 15 is 0 Å². The Kier molecular flexibility index (Phi) is 14.1. The van der Waals surface area contributed by atoms with E-state index in [1.54, 1.807) is 43.1 Å². The van der Waals surface area contributed by atoms with Crippen molar-refractivity contribution in [3.63, 3.8) is 0 Å². The molecule has 0 bridgehead atoms. The summed E-state index contributed by atoms with van der Waals surface area (Å²) in [4.78, 5) is 29.8. The number of nitrogens with zero attached hydrogens (tertiary/aromatic N) is 3. The average Bonchev–Trinajstić information content (AvgIpc) is 3.23. The van der Waals surface area contributed by atoms with Gasteiger partial charge in [-0.1, -0.05) is 66.2 Å². The molecule has 304 valence electrons. The van der Waals surface area contributed by atoms with Crippen LogP contribution in [0.15, 0.2) is 131 Å². The predicted molar refractivity (Wildman–Crippen MR) is 234 cm³/mol. The highest BCUT2D eigenvalue weighted by atomic mass is 35.5. The summed E-state index contributed by atoms with van der Waals surface area (Å²) in [6.07, 6.45) is 3.01. The molecule has 1 fully saturated rings. The van der Waals surface area contributed by atoms with Gasteiger partial charge in [-0.05, 0) is 117 Å². The van der Waals surface area contributed by atoms with Crippen LogP contribution in [0.4, 0.5) is 17.1 Å². The first-order valence-corrected chi connectivity index (χ1v) is 21.9. The molecule has 1 aliphatic rings. The van der Waals surface area contributed by atoms with Crippen molar-refractivity contribution >= 4 is 56.4 Å². The first kappa shape index (κ1) is 42.7. The van der Waals surface area contributed by atoms with Crippen LogP contribution in [0, 0.1) is 10.1 Å². The average molecular weight is 842 g/mol. The lowest BCUT2D eigenvalue weighted by Gasteiger charge is -2.42. The van der Waals surface area contributed by atoms with Crippen molar-refractivity contribution in [2.75, 3.05) is 56.8 Å². The van der Waals surface area contributed by atoms with Crippen LogP contribution in [-0.4, -0.2) is 82.4 Å². The normalized spacial score (nSPS) is 14.5. The minimum absolute atomic E-state index is 0.141. The van der Waals surface area contributed by atoms with E-state index in [1.165, 1.54) is 17.7 Å². The van der Waals surface area contributed by atoms with Gasteiger partial charge in [0, 0.05) is 65.7 Å². The lowest BCUT2D eigenvalue weighted by Crippen LogP contribution is -2.47. The van der Waals surface area contributed by atoms with Gasteiger partial charge in [-0.15, -0.1) is 11.8 Å². The molecule has 0 saturated carbocycles. The number of halogens is 1. The van der Waals surface area contributed by atoms with E-state index in [0.29, 0.717) is 17.2 Å². The van der Waals surface area contributed by atoms with Gasteiger partial charge in [0.1, 0.15) is 5.69 Å². The molecule has 0 aliphatic carbocycles. The third kappa shape index (κ3) is 11.0. The molecule has 1 amide bonds. The number of amides is 1. The Bertz CT molecular complexity index is 2290. The molecule has 6 rings (SSSR count). The Morgan fingerprint density at radius 3 is 2.28 bits per heavy atom. The molecule has 0 radical (unpaired) electrons. The number of benzene rings is 5. The lowest BCUT2D eigenvalue weighted by molar-refractivity contribution is -0.384. The van der Waals surface area contributed by atoms with Crippen LogP contribution in [-0.2, 0) is 21.2 Å². The molecule has 14 heteroatoms. The first-order chi connectivity index (χ1) is 27.8. The van der Waals surface area contributed by atoms with E-state index in [-0.39, 0.29) is 27.8 Å². The summed E-state index contributed by atoms with van der Waals surface area (Å²) in [6, 6.07) is 36.3. The Labute approximate surface area is 349 Å². The predicted octanol–water partition coefficient (Wildman–Crippen LogP) is 8.79. The van der Waals surface area contributed by atoms with Crippen molar-refractivity contribution in [3.05, 3.63) is 148 Å². The molecule has 1 atom stereocenters. The maximum Gasteiger partial charge on any atom is 0.293 e. The number of methoxy groups -OCH3 is 1. The first-order valence-electron chi connectivity index (χ1n) is 19.0. The van der Waals surface area contributed by atoms with Gasteiger partial charge in [0.15, 0.2) is 0 Å². The molecule has 58 heavy (non-hydrogen) atoms. The highest BCUT2D eigenvalue weighted by Gasteiger charge is 2.36. The molecular formula is C44H48ClN5O6S2. The van der Waals surface area contributed by atoms with Crippen LogP contribution < -0.4 is 14.9 Å². The molecule has 0 unspecified atom stereocenters. The van der Waals surface area contributed by atoms with Gasteiger partial charge in [0.2, 0.25) is 0 Å². The number of carbonyl (C=O) groups excluding carboxylic acids is 1. The topological polar surface area (TPSA) is 134 Å². The summed E-state index contributed by atoms with van der Waals surface area (Å²) >= 11 is 7.78. The third-order valence-corrected chi connectivity index (χ3v) is 13.2. The number of thioether (sulfide) groups is 1. The summed E-state index contributed by atoms with van der Waals surface area (Å²) in [5, 5.41) is 16.2. The number of anilines is 2. The second kappa shape index (κ2) is 19.2. The van der Waals surface area contributed by atoms with Crippen LogP contribution in [0.1, 0.15) is 35.2 Å². The summed E-state index contributed by atoms with van der Waals surface area (Å²) in [5.41, 5.74) is 3.93. The van der Waals surface area contributed by atoms with Crippen LogP contribution in [0.25, 0.3) is 11.1 Å². The zero-order valence-electron chi connectivity index (χ0n) is 32.8. The Balaban J connectivity index is 1.08. The molecule has 1 heterocycles. The van der Waals surface area contributed by atoms with Crippen molar-refractivity contribution < 1.29 is 22.9 Å². The van der Waals surface area contributed by atoms with Gasteiger partial charge in [0.05, 0.1) is 15.4 Å². The van der Waals surface area contributed by atoms with Gasteiger partial charge in [-0.3, -0.25) is 14.9 Å². The number of hydrogen-bond donors (Lipinski definition) is 2. The highest BCUT2D eigenvalue weighted by Crippen LogP contribution is 2.36. The van der Waals surface area contributed by atoms with Crippen molar-refractivity contribution in [1.82, 2.24) is 9.62 Å². The van der Waals surface area contributed by atoms with E-state index in [2.05, 4.69) is 27.1 Å². The highest BCUT2D eigenvalue weighted by molar-refractivity contribution is 7.99. The van der Waals surface area contributed by atoms with Crippen molar-refractivity contribution in [1.29, 1.82) is 0 Å². The number of nitro benzene ring substituents is 1. The van der Waals surface area contributed by atoms with Crippen LogP contribution in [0.5, 0.6) is 0 Å². The quantitative estimate of drug-likeness (QED) is 0.0532. The zero-order valence-corrected chi connectivity index (χ0v) is 35.2. The standard InChI is InChI=1S/C44H48ClN5O6S2/c1-48(2)26-23-36(31-57-38-10-5-4-6-11-38)46-41-22-21-39(29-42(41)50(52)53)58(54,55)47-43(51)33-15-19-37(20-16-33)49-27-24-44(56-3,25-28-49)30-34-9-7-8-12-40(34)32-13-17-35(45)18-14-32/h4-22,29,36,46H,23-28,30-31H2,1-3H3,(H,47,51)/t36-/m1/s1. The fraction of sp³-hybridized carbons (Fsp3) is 0.295. The number of nitro groups is 1. The smallest absolute Gasteiger partial charge is 0.293 e. The number of rotatable bonds is 17. The second-order valence-corrected chi connectivity index (χ2v) is 17.9. The van der Waals surface area contributed by atoms with E-state index in [0.717, 1.165) is 66.7 Å². The Morgan fingerprint density at radius 2 is 1.62 bits per heavy atom. The number of piperidine rings is 1. The SMILES string of the molecule is COC1(Cc2ccccc2-c2ccc(Cl)cc2)CCN(c2ccc(C(=O)NS(=O)(=O)c3ccc(N[C@H](CCN(C)C)CSc4ccccc4)c([N+](=O)[O-])c3)cc2)CC1. The minimum atomic E-state index is -4.44. The number of sulfonamides is 1. The van der Waals surface area contributed by atoms with Crippen molar-refractivity contribution in [2.45, 2.75) is 47.1 Å². The summed E-state index contributed by atoms with van der Waals surface area (Å²) in [5.74, 6) is -0.203. The van der Waals surface area contributed by atoms with E-state index in [9.17, 15) is 23.3 Å². The molecular weight excluding hydrogens is 794 g/mol. The molecule has 0 spiro atoms. The monoisotopic (exact) mass is 841 g/mol. The Morgan fingerprint density at radius 1 is 0.948 bits per heavy atom. The third-order valence-electron chi connectivity index (χ3n) is 10.5. The molecule has 1 saturated heterocycles. The lowest BCUT2D eigenvalue weighted by atomic mass is 9.82. The number of carbonyl (C=O) groups is 1. The largest absolute Gasteiger partial charge is 0.378 e. The molecule has 1 aliphatic heterocycles. The molecule has 11 nitrogen and oxygen atoms in total. The van der Waals surface area contributed by atoms with Crippen molar-refractivity contribution in [3.8, 4) is 11.1 Å². The number of hydrogen-bond acceptors (Lipinski definition) is 10. The van der Waals surface area contributed by atoms with E-state index in [1.807, 2.05) is 85.7 Å². The summed E-state index contributed by atoms with van der Waals surface area (Å²) < 4.78 is 35.1. The molecule has 5 aromatic rings. The van der Waals surface area contributed by atoms with Crippen LogP contribution >= 0.6 is 23.4 Å². The fourth-order valence-corrected chi connectivity index (χ4v) is 9.23. The van der Waals surface area contributed by atoms with Gasteiger partial charge < -0.3 is 19.9 Å².